The molecule has 9 heteroatoms. The van der Waals surface area contributed by atoms with Gasteiger partial charge in [-0.3, -0.25) is 14.4 Å². The number of carbonyl (C=O) groups excluding carboxylic acids is 3. The van der Waals surface area contributed by atoms with Crippen LogP contribution in [0.1, 0.15) is 84.0 Å². The number of carbonyl (C=O) groups is 3. The topological polar surface area (TPSA) is 119 Å². The molecule has 1 aromatic rings. The molecule has 3 fully saturated rings. The molecule has 8 atom stereocenters. The van der Waals surface area contributed by atoms with Crippen LogP contribution in [0, 0.1) is 34.0 Å². The molecule has 1 aromatic carbocycles. The van der Waals surface area contributed by atoms with E-state index in [1.807, 2.05) is 20.8 Å². The lowest BCUT2D eigenvalue weighted by atomic mass is 9.44. The quantitative estimate of drug-likeness (QED) is 0.184. The van der Waals surface area contributed by atoms with E-state index in [0.717, 1.165) is 19.3 Å². The molecule has 3 aliphatic carbocycles. The lowest BCUT2D eigenvalue weighted by Gasteiger charge is -2.61. The van der Waals surface area contributed by atoms with E-state index in [0.29, 0.717) is 35.7 Å². The van der Waals surface area contributed by atoms with Crippen LogP contribution in [0.25, 0.3) is 0 Å². The normalized spacial score (nSPS) is 36.4. The number of aliphatic hydroxyl groups is 1. The molecule has 232 valence electrons. The first-order valence-corrected chi connectivity index (χ1v) is 16.4. The number of nitrogens with one attached hydrogen (secondary N) is 1. The van der Waals surface area contributed by atoms with Gasteiger partial charge in [0.15, 0.2) is 0 Å². The molecule has 42 heavy (non-hydrogen) atoms. The summed E-state index contributed by atoms with van der Waals surface area (Å²) in [7, 11) is 0. The summed E-state index contributed by atoms with van der Waals surface area (Å²) in [5, 5.41) is 14.9. The van der Waals surface area contributed by atoms with Crippen molar-refractivity contribution in [3.8, 4) is 0 Å². The second-order valence-electron chi connectivity index (χ2n) is 14.0. The number of esters is 1. The van der Waals surface area contributed by atoms with E-state index in [4.69, 9.17) is 22.1 Å². The van der Waals surface area contributed by atoms with Gasteiger partial charge in [0, 0.05) is 40.1 Å². The molecule has 4 N–H and O–H groups in total. The van der Waals surface area contributed by atoms with E-state index in [-0.39, 0.29) is 46.6 Å². The molecule has 0 aliphatic heterocycles. The van der Waals surface area contributed by atoms with Crippen LogP contribution >= 0.6 is 23.4 Å². The summed E-state index contributed by atoms with van der Waals surface area (Å²) >= 11 is 7.57. The molecule has 4 rings (SSSR count). The minimum Gasteiger partial charge on any atom is -0.461 e. The highest BCUT2D eigenvalue weighted by atomic mass is 35.5. The van der Waals surface area contributed by atoms with E-state index in [9.17, 15) is 19.5 Å². The Kier molecular flexibility index (Phi) is 9.24. The molecular weight excluding hydrogens is 572 g/mol. The number of amides is 1. The molecule has 0 heterocycles. The van der Waals surface area contributed by atoms with Gasteiger partial charge in [-0.1, -0.05) is 45.4 Å². The summed E-state index contributed by atoms with van der Waals surface area (Å²) in [6, 6.07) is 4.76. The highest BCUT2D eigenvalue weighted by Crippen LogP contribution is 2.68. The number of Topliss-reactive ketones (excluding diaryl/α,β-unsaturated/α-hetero) is 1. The number of ether oxygens (including phenoxy) is 1. The predicted octanol–water partition coefficient (Wildman–Crippen LogP) is 6.07. The second kappa shape index (κ2) is 11.8. The number of halogens is 1. The minimum absolute atomic E-state index is 0.0748. The largest absolute Gasteiger partial charge is 0.461 e. The first-order valence-electron chi connectivity index (χ1n) is 15.0. The summed E-state index contributed by atoms with van der Waals surface area (Å²) in [5.41, 5.74) is 5.03. The number of hydrogen-bond acceptors (Lipinski definition) is 7. The maximum atomic E-state index is 13.6. The molecule has 2 bridgehead atoms. The zero-order chi connectivity index (χ0) is 31.3. The number of nitrogens with two attached hydrogens (primary N) is 1. The zero-order valence-corrected chi connectivity index (χ0v) is 27.4. The SMILES string of the molecule is C=C[C@]1(C)C[C@@H](OC(=O)CSC(C)(C)CNC(=O)c2cc(N)ccc2Cl)[C@]2(C)[C@H](C)CC[C@]3(CCC(=O)[C@@H]32)[C@@H](C)[C@@H]1O. The Morgan fingerprint density at radius 3 is 2.64 bits per heavy atom. The second-order valence-corrected chi connectivity index (χ2v) is 16.1. The van der Waals surface area contributed by atoms with Crippen molar-refractivity contribution >= 4 is 46.7 Å². The molecule has 0 aromatic heterocycles. The van der Waals surface area contributed by atoms with Gasteiger partial charge in [-0.25, -0.2) is 0 Å². The van der Waals surface area contributed by atoms with Gasteiger partial charge in [-0.2, -0.15) is 0 Å². The van der Waals surface area contributed by atoms with Crippen LogP contribution in [0.4, 0.5) is 5.69 Å². The van der Waals surface area contributed by atoms with Gasteiger partial charge in [0.2, 0.25) is 0 Å². The monoisotopic (exact) mass is 618 g/mol. The predicted molar refractivity (Wildman–Crippen MR) is 169 cm³/mol. The molecule has 7 nitrogen and oxygen atoms in total. The lowest BCUT2D eigenvalue weighted by molar-refractivity contribution is -0.205. The van der Waals surface area contributed by atoms with Crippen LogP contribution in [0.2, 0.25) is 5.02 Å². The van der Waals surface area contributed by atoms with Crippen LogP contribution < -0.4 is 11.1 Å². The molecule has 0 radical (unpaired) electrons. The third-order valence-electron chi connectivity index (χ3n) is 11.1. The maximum absolute atomic E-state index is 13.6. The Hall–Kier alpha value is -2.03. The highest BCUT2D eigenvalue weighted by Gasteiger charge is 2.68. The van der Waals surface area contributed by atoms with Crippen molar-refractivity contribution in [1.29, 1.82) is 0 Å². The number of rotatable bonds is 8. The Morgan fingerprint density at radius 1 is 1.29 bits per heavy atom. The van der Waals surface area contributed by atoms with Gasteiger partial charge >= 0.3 is 5.97 Å². The van der Waals surface area contributed by atoms with E-state index < -0.39 is 27.8 Å². The minimum atomic E-state index is -0.701. The number of nitrogen functional groups attached to an aromatic ring is 1. The van der Waals surface area contributed by atoms with Crippen LogP contribution in [0.5, 0.6) is 0 Å². The van der Waals surface area contributed by atoms with Crippen molar-refractivity contribution in [3.63, 3.8) is 0 Å². The fourth-order valence-corrected chi connectivity index (χ4v) is 9.06. The Labute approximate surface area is 259 Å². The molecule has 3 saturated carbocycles. The smallest absolute Gasteiger partial charge is 0.316 e. The molecule has 3 aliphatic rings. The fraction of sp³-hybridized carbons (Fsp3) is 0.667. The van der Waals surface area contributed by atoms with Gasteiger partial charge in [-0.05, 0) is 75.0 Å². The summed E-state index contributed by atoms with van der Waals surface area (Å²) < 4.78 is 5.87. The number of ketones is 1. The van der Waals surface area contributed by atoms with Crippen molar-refractivity contribution in [2.24, 2.45) is 34.0 Å². The highest BCUT2D eigenvalue weighted by molar-refractivity contribution is 8.01. The fourth-order valence-electron chi connectivity index (χ4n) is 8.10. The molecule has 0 saturated heterocycles. The average molecular weight is 619 g/mol. The Balaban J connectivity index is 1.51. The first kappa shape index (κ1) is 32.9. The van der Waals surface area contributed by atoms with Gasteiger partial charge < -0.3 is 20.9 Å². The Bertz CT molecular complexity index is 1250. The third kappa shape index (κ3) is 5.75. The molecular formula is C33H47ClN2O5S. The van der Waals surface area contributed by atoms with Crippen LogP contribution in [0.3, 0.4) is 0 Å². The van der Waals surface area contributed by atoms with E-state index in [2.05, 4.69) is 32.7 Å². The van der Waals surface area contributed by atoms with Gasteiger partial charge in [0.25, 0.3) is 5.91 Å². The summed E-state index contributed by atoms with van der Waals surface area (Å²) in [6.07, 6.45) is 4.04. The summed E-state index contributed by atoms with van der Waals surface area (Å²) in [6.45, 7) is 16.7. The average Bonchev–Trinajstić information content (AvgIpc) is 3.30. The first-order chi connectivity index (χ1) is 19.5. The number of anilines is 1. The van der Waals surface area contributed by atoms with E-state index in [1.165, 1.54) is 17.8 Å². The molecule has 1 amide bonds. The maximum Gasteiger partial charge on any atom is 0.316 e. The lowest BCUT2D eigenvalue weighted by Crippen LogP contribution is -2.63. The molecule has 0 unspecified atom stereocenters. The van der Waals surface area contributed by atoms with Crippen LogP contribution in [-0.2, 0) is 14.3 Å². The Morgan fingerprint density at radius 2 is 1.98 bits per heavy atom. The third-order valence-corrected chi connectivity index (χ3v) is 12.7. The van der Waals surface area contributed by atoms with Gasteiger partial charge in [0.05, 0.1) is 22.4 Å². The standard InChI is InChI=1S/C33H47ClN2O5S/c1-8-31(6)16-25(32(7)19(2)11-13-33(20(3)28(31)39)14-12-24(37)27(32)33)41-26(38)17-42-30(4,5)18-36-29(40)22-15-21(35)9-10-23(22)34/h8-10,15,19-20,25,27-28,39H,1,11-14,16-18,35H2,2-7H3,(H,36,40)/t19-,20+,25-,27-,28+,31-,32+,33+/m1/s1. The number of benzene rings is 1. The van der Waals surface area contributed by atoms with Crippen molar-refractivity contribution in [1.82, 2.24) is 5.32 Å². The van der Waals surface area contributed by atoms with Crippen LogP contribution in [0.15, 0.2) is 30.9 Å². The number of hydrogen-bond donors (Lipinski definition) is 3. The van der Waals surface area contributed by atoms with Crippen LogP contribution in [-0.4, -0.2) is 52.0 Å². The van der Waals surface area contributed by atoms with E-state index in [1.54, 1.807) is 18.2 Å². The van der Waals surface area contributed by atoms with Gasteiger partial charge in [-0.15, -0.1) is 18.3 Å². The summed E-state index contributed by atoms with van der Waals surface area (Å²) in [5.74, 6) is -0.552. The van der Waals surface area contributed by atoms with Crippen molar-refractivity contribution < 1.29 is 24.2 Å². The summed E-state index contributed by atoms with van der Waals surface area (Å²) in [4.78, 5) is 39.8. The molecule has 0 spiro atoms. The van der Waals surface area contributed by atoms with Crippen molar-refractivity contribution in [2.75, 3.05) is 18.0 Å². The zero-order valence-electron chi connectivity index (χ0n) is 25.8. The van der Waals surface area contributed by atoms with Gasteiger partial charge in [0.1, 0.15) is 11.9 Å². The van der Waals surface area contributed by atoms with Crippen molar-refractivity contribution in [2.45, 2.75) is 90.6 Å². The number of thioether (sulfide) groups is 1. The van der Waals surface area contributed by atoms with E-state index >= 15 is 0 Å². The van der Waals surface area contributed by atoms with Crippen molar-refractivity contribution in [3.05, 3.63) is 41.4 Å². The number of aliphatic hydroxyl groups excluding tert-OH is 1.